The predicted molar refractivity (Wildman–Crippen MR) is 92.5 cm³/mol. The van der Waals surface area contributed by atoms with Crippen molar-refractivity contribution in [2.75, 3.05) is 13.1 Å². The number of carbonyl (C=O) groups excluding carboxylic acids is 1. The van der Waals surface area contributed by atoms with E-state index in [-0.39, 0.29) is 22.1 Å². The van der Waals surface area contributed by atoms with Crippen molar-refractivity contribution in [2.24, 2.45) is 0 Å². The average molecular weight is 329 g/mol. The minimum Gasteiger partial charge on any atom is -0.339 e. The first-order valence-electron chi connectivity index (χ1n) is 8.48. The van der Waals surface area contributed by atoms with Gasteiger partial charge in [0.1, 0.15) is 0 Å². The van der Waals surface area contributed by atoms with E-state index in [1.807, 2.05) is 24.0 Å². The summed E-state index contributed by atoms with van der Waals surface area (Å²) < 4.78 is 0. The number of nitro groups is 1. The largest absolute Gasteiger partial charge is 0.339 e. The van der Waals surface area contributed by atoms with E-state index in [2.05, 4.69) is 11.4 Å². The molecule has 2 aliphatic heterocycles. The summed E-state index contributed by atoms with van der Waals surface area (Å²) in [4.78, 5) is 24.5. The molecule has 1 aromatic carbocycles. The first-order valence-corrected chi connectivity index (χ1v) is 8.48. The van der Waals surface area contributed by atoms with Crippen LogP contribution < -0.4 is 5.32 Å². The minimum absolute atomic E-state index is 0.0506. The molecule has 2 atom stereocenters. The smallest absolute Gasteiger partial charge is 0.270 e. The monoisotopic (exact) mass is 329 g/mol. The first kappa shape index (κ1) is 16.6. The van der Waals surface area contributed by atoms with Gasteiger partial charge in [-0.3, -0.25) is 14.9 Å². The molecule has 2 bridgehead atoms. The Morgan fingerprint density at radius 3 is 3.12 bits per heavy atom. The van der Waals surface area contributed by atoms with Gasteiger partial charge in [-0.1, -0.05) is 31.2 Å². The SMILES string of the molecule is CCC(=O)N1CC2CCC(CC=Cc3cccc([N+](=O)[O-])c3)(C1)N2. The number of nitro benzene ring substituents is 1. The Labute approximate surface area is 141 Å². The maximum absolute atomic E-state index is 12.0. The number of carbonyl (C=O) groups is 1. The molecule has 0 aromatic heterocycles. The molecule has 0 radical (unpaired) electrons. The highest BCUT2D eigenvalue weighted by atomic mass is 16.6. The van der Waals surface area contributed by atoms with Crippen molar-refractivity contribution >= 4 is 17.7 Å². The van der Waals surface area contributed by atoms with Gasteiger partial charge in [-0.15, -0.1) is 0 Å². The molecule has 6 nitrogen and oxygen atoms in total. The molecule has 24 heavy (non-hydrogen) atoms. The number of piperazine rings is 1. The van der Waals surface area contributed by atoms with Gasteiger partial charge in [0.15, 0.2) is 0 Å². The van der Waals surface area contributed by atoms with Crippen LogP contribution in [0, 0.1) is 10.1 Å². The van der Waals surface area contributed by atoms with Gasteiger partial charge in [-0.25, -0.2) is 0 Å². The van der Waals surface area contributed by atoms with E-state index in [0.717, 1.165) is 37.9 Å². The predicted octanol–water partition coefficient (Wildman–Crippen LogP) is 2.74. The number of nitrogens with zero attached hydrogens (tertiary/aromatic N) is 2. The highest BCUT2D eigenvalue weighted by molar-refractivity contribution is 5.76. The van der Waals surface area contributed by atoms with Crippen LogP contribution in [0.25, 0.3) is 6.08 Å². The summed E-state index contributed by atoms with van der Waals surface area (Å²) in [7, 11) is 0. The zero-order valence-electron chi connectivity index (χ0n) is 13.9. The second kappa shape index (κ2) is 6.73. The lowest BCUT2D eigenvalue weighted by atomic mass is 9.92. The lowest BCUT2D eigenvalue weighted by Gasteiger charge is -2.41. The fraction of sp³-hybridized carbons (Fsp3) is 0.500. The Morgan fingerprint density at radius 2 is 2.38 bits per heavy atom. The molecule has 0 spiro atoms. The van der Waals surface area contributed by atoms with Gasteiger partial charge in [-0.2, -0.15) is 0 Å². The Bertz CT molecular complexity index is 673. The number of likely N-dealkylation sites (tertiary alicyclic amines) is 1. The number of fused-ring (bicyclic) bond motifs is 2. The molecule has 1 N–H and O–H groups in total. The van der Waals surface area contributed by atoms with Crippen LogP contribution >= 0.6 is 0 Å². The fourth-order valence-corrected chi connectivity index (χ4v) is 3.79. The molecular weight excluding hydrogens is 306 g/mol. The molecule has 0 aliphatic carbocycles. The van der Waals surface area contributed by atoms with Crippen molar-refractivity contribution < 1.29 is 9.72 Å². The van der Waals surface area contributed by atoms with Crippen LogP contribution in [-0.2, 0) is 4.79 Å². The molecule has 3 rings (SSSR count). The second-order valence-electron chi connectivity index (χ2n) is 6.75. The highest BCUT2D eigenvalue weighted by Gasteiger charge is 2.44. The maximum Gasteiger partial charge on any atom is 0.270 e. The van der Waals surface area contributed by atoms with Crippen LogP contribution in [0.2, 0.25) is 0 Å². The number of rotatable bonds is 5. The normalized spacial score (nSPS) is 26.0. The number of hydrogen-bond donors (Lipinski definition) is 1. The van der Waals surface area contributed by atoms with Crippen LogP contribution in [0.1, 0.15) is 38.2 Å². The quantitative estimate of drug-likeness (QED) is 0.666. The minimum atomic E-state index is -0.380. The number of hydrogen-bond acceptors (Lipinski definition) is 4. The second-order valence-corrected chi connectivity index (χ2v) is 6.75. The standard InChI is InChI=1S/C18H23N3O3/c1-2-17(22)20-12-15-8-10-18(13-20,19-15)9-4-6-14-5-3-7-16(11-14)21(23)24/h3-7,11,15,19H,2,8-10,12-13H2,1H3. The summed E-state index contributed by atoms with van der Waals surface area (Å²) >= 11 is 0. The van der Waals surface area contributed by atoms with Crippen LogP contribution in [0.15, 0.2) is 30.3 Å². The van der Waals surface area contributed by atoms with E-state index in [4.69, 9.17) is 0 Å². The van der Waals surface area contributed by atoms with Crippen LogP contribution in [-0.4, -0.2) is 40.4 Å². The molecule has 2 saturated heterocycles. The lowest BCUT2D eigenvalue weighted by Crippen LogP contribution is -2.60. The summed E-state index contributed by atoms with van der Waals surface area (Å²) in [5.74, 6) is 0.218. The van der Waals surface area contributed by atoms with Crippen molar-refractivity contribution in [3.8, 4) is 0 Å². The molecule has 2 unspecified atom stereocenters. The Morgan fingerprint density at radius 1 is 1.54 bits per heavy atom. The van der Waals surface area contributed by atoms with Crippen LogP contribution in [0.3, 0.4) is 0 Å². The Hall–Kier alpha value is -2.21. The molecule has 1 amide bonds. The Kier molecular flexibility index (Phi) is 4.66. The molecule has 0 saturated carbocycles. The van der Waals surface area contributed by atoms with Gasteiger partial charge < -0.3 is 10.2 Å². The van der Waals surface area contributed by atoms with Gasteiger partial charge in [0.05, 0.1) is 4.92 Å². The van der Waals surface area contributed by atoms with E-state index in [0.29, 0.717) is 12.5 Å². The van der Waals surface area contributed by atoms with Crippen molar-refractivity contribution in [1.29, 1.82) is 0 Å². The summed E-state index contributed by atoms with van der Waals surface area (Å²) in [6.07, 6.45) is 7.51. The maximum atomic E-state index is 12.0. The zero-order valence-corrected chi connectivity index (χ0v) is 13.9. The van der Waals surface area contributed by atoms with Gasteiger partial charge in [0.25, 0.3) is 5.69 Å². The summed E-state index contributed by atoms with van der Waals surface area (Å²) in [5.41, 5.74) is 0.879. The molecule has 2 fully saturated rings. The molecule has 6 heteroatoms. The third-order valence-electron chi connectivity index (χ3n) is 4.97. The molecular formula is C18H23N3O3. The average Bonchev–Trinajstić information content (AvgIpc) is 2.88. The fourth-order valence-electron chi connectivity index (χ4n) is 3.79. The van der Waals surface area contributed by atoms with E-state index in [1.54, 1.807) is 12.1 Å². The van der Waals surface area contributed by atoms with Crippen LogP contribution in [0.5, 0.6) is 0 Å². The van der Waals surface area contributed by atoms with E-state index in [9.17, 15) is 14.9 Å². The number of nitrogens with one attached hydrogen (secondary N) is 1. The third-order valence-corrected chi connectivity index (χ3v) is 4.97. The third kappa shape index (κ3) is 3.48. The van der Waals surface area contributed by atoms with E-state index < -0.39 is 0 Å². The van der Waals surface area contributed by atoms with E-state index in [1.165, 1.54) is 6.07 Å². The lowest BCUT2D eigenvalue weighted by molar-refractivity contribution is -0.384. The summed E-state index contributed by atoms with van der Waals surface area (Å²) in [6.45, 7) is 3.46. The van der Waals surface area contributed by atoms with Gasteiger partial charge >= 0.3 is 0 Å². The number of non-ortho nitro benzene ring substituents is 1. The number of amides is 1. The highest BCUT2D eigenvalue weighted by Crippen LogP contribution is 2.33. The summed E-state index contributed by atoms with van der Waals surface area (Å²) in [5, 5.41) is 14.5. The van der Waals surface area contributed by atoms with Gasteiger partial charge in [-0.05, 0) is 24.8 Å². The van der Waals surface area contributed by atoms with Crippen molar-refractivity contribution in [3.05, 3.63) is 46.0 Å². The van der Waals surface area contributed by atoms with Crippen molar-refractivity contribution in [1.82, 2.24) is 10.2 Å². The molecule has 2 aliphatic rings. The van der Waals surface area contributed by atoms with Crippen molar-refractivity contribution in [3.63, 3.8) is 0 Å². The van der Waals surface area contributed by atoms with Gasteiger partial charge in [0.2, 0.25) is 5.91 Å². The molecule has 2 heterocycles. The van der Waals surface area contributed by atoms with E-state index >= 15 is 0 Å². The summed E-state index contributed by atoms with van der Waals surface area (Å²) in [6, 6.07) is 7.02. The molecule has 128 valence electrons. The zero-order chi connectivity index (χ0) is 17.2. The van der Waals surface area contributed by atoms with Gasteiger partial charge in [0, 0.05) is 43.2 Å². The first-order chi connectivity index (χ1) is 11.5. The van der Waals surface area contributed by atoms with Crippen molar-refractivity contribution in [2.45, 2.75) is 44.2 Å². The Balaban J connectivity index is 1.68. The topological polar surface area (TPSA) is 75.5 Å². The van der Waals surface area contributed by atoms with Crippen LogP contribution in [0.4, 0.5) is 5.69 Å². The molecule has 1 aromatic rings. The number of benzene rings is 1.